The maximum Gasteiger partial charge on any atom is 0.0137 e. The molecule has 0 aromatic carbocycles. The van der Waals surface area contributed by atoms with Crippen LogP contribution < -0.4 is 0 Å². The van der Waals surface area contributed by atoms with Crippen molar-refractivity contribution >= 4 is 0 Å². The maximum absolute atomic E-state index is 3.40. The van der Waals surface area contributed by atoms with Gasteiger partial charge in [-0.05, 0) is 124 Å². The van der Waals surface area contributed by atoms with E-state index in [-0.39, 0.29) is 0 Å². The Hall–Kier alpha value is -0.0800. The van der Waals surface area contributed by atoms with Gasteiger partial charge in [-0.15, -0.1) is 0 Å². The summed E-state index contributed by atoms with van der Waals surface area (Å²) in [6.45, 7) is 0. The molecule has 0 N–H and O–H groups in total. The van der Waals surface area contributed by atoms with E-state index in [9.17, 15) is 0 Å². The van der Waals surface area contributed by atoms with Crippen LogP contribution in [-0.4, -0.2) is 46.1 Å². The summed E-state index contributed by atoms with van der Waals surface area (Å²) in [6, 6.07) is 5.77. The predicted molar refractivity (Wildman–Crippen MR) is 174 cm³/mol. The predicted octanol–water partition coefficient (Wildman–Crippen LogP) is 10.00. The van der Waals surface area contributed by atoms with Crippen molar-refractivity contribution < 1.29 is 0 Å². The number of hydrogen-bond acceptors (Lipinski definition) is 2. The second kappa shape index (κ2) is 11.9. The molecule has 2 nitrogen and oxygen atoms in total. The highest BCUT2D eigenvalue weighted by atomic mass is 15.3. The third-order valence-electron chi connectivity index (χ3n) is 16.5. The van der Waals surface area contributed by atoms with E-state index < -0.39 is 0 Å². The van der Waals surface area contributed by atoms with Crippen LogP contribution >= 0.6 is 0 Å². The third kappa shape index (κ3) is 4.66. The summed E-state index contributed by atoms with van der Waals surface area (Å²) < 4.78 is 0. The van der Waals surface area contributed by atoms with E-state index in [2.05, 4.69) is 9.80 Å². The second-order valence-electron chi connectivity index (χ2n) is 18.0. The van der Waals surface area contributed by atoms with Crippen LogP contribution in [0, 0.1) is 47.3 Å². The van der Waals surface area contributed by atoms with E-state index in [4.69, 9.17) is 0 Å². The van der Waals surface area contributed by atoms with Crippen LogP contribution in [0.15, 0.2) is 0 Å². The molecule has 2 saturated heterocycles. The lowest BCUT2D eigenvalue weighted by Gasteiger charge is -2.50. The Bertz CT molecular complexity index is 923. The van der Waals surface area contributed by atoms with Crippen LogP contribution in [0.5, 0.6) is 0 Å². The minimum absolute atomic E-state index is 0.947. The fourth-order valence-corrected chi connectivity index (χ4v) is 15.4. The van der Waals surface area contributed by atoms with E-state index in [1.165, 1.54) is 44.9 Å². The Morgan fingerprint density at radius 3 is 1.45 bits per heavy atom. The van der Waals surface area contributed by atoms with Gasteiger partial charge in [0.25, 0.3) is 0 Å². The van der Waals surface area contributed by atoms with Crippen molar-refractivity contribution in [1.29, 1.82) is 0 Å². The number of fused-ring (bicyclic) bond motifs is 8. The zero-order valence-corrected chi connectivity index (χ0v) is 27.4. The van der Waals surface area contributed by atoms with Crippen LogP contribution in [0.4, 0.5) is 0 Å². The second-order valence-corrected chi connectivity index (χ2v) is 18.0. The lowest BCUT2D eigenvalue weighted by molar-refractivity contribution is -0.00537. The molecule has 0 spiro atoms. The SMILES string of the molecule is C1CCC(N2C3CCCCC3C3C4C5CCCCC5N(C5CCCC(C6CCCC7CCCCC76)C5)C4CCC32)CC1. The van der Waals surface area contributed by atoms with E-state index in [0.29, 0.717) is 0 Å². The van der Waals surface area contributed by atoms with Gasteiger partial charge in [-0.2, -0.15) is 0 Å². The molecule has 236 valence electrons. The van der Waals surface area contributed by atoms with E-state index >= 15 is 0 Å². The van der Waals surface area contributed by atoms with Crippen molar-refractivity contribution in [2.24, 2.45) is 47.3 Å². The van der Waals surface area contributed by atoms with Gasteiger partial charge in [0, 0.05) is 36.3 Å². The molecule has 0 aromatic rings. The number of hydrogen-bond donors (Lipinski definition) is 0. The van der Waals surface area contributed by atoms with Crippen LogP contribution in [0.1, 0.15) is 167 Å². The molecule has 9 fully saturated rings. The van der Waals surface area contributed by atoms with E-state index in [1.54, 1.807) is 122 Å². The quantitative estimate of drug-likeness (QED) is 0.331. The molecule has 42 heavy (non-hydrogen) atoms. The summed E-state index contributed by atoms with van der Waals surface area (Å²) in [6.07, 6.45) is 40.5. The summed E-state index contributed by atoms with van der Waals surface area (Å²) in [7, 11) is 0. The first-order valence-corrected chi connectivity index (χ1v) is 20.4. The minimum Gasteiger partial charge on any atom is -0.294 e. The normalized spacial score (nSPS) is 52.1. The Morgan fingerprint density at radius 1 is 0.286 bits per heavy atom. The summed E-state index contributed by atoms with van der Waals surface area (Å²) in [5, 5.41) is 0. The highest BCUT2D eigenvalue weighted by Gasteiger charge is 2.63. The van der Waals surface area contributed by atoms with Gasteiger partial charge in [0.2, 0.25) is 0 Å². The fraction of sp³-hybridized carbons (Fsp3) is 1.00. The number of rotatable bonds is 3. The molecule has 0 aromatic heterocycles. The van der Waals surface area contributed by atoms with Gasteiger partial charge in [0.1, 0.15) is 0 Å². The lowest BCUT2D eigenvalue weighted by Crippen LogP contribution is -2.53. The van der Waals surface area contributed by atoms with Crippen LogP contribution in [0.3, 0.4) is 0 Å². The van der Waals surface area contributed by atoms with Crippen LogP contribution in [0.2, 0.25) is 0 Å². The van der Waals surface area contributed by atoms with Gasteiger partial charge in [-0.3, -0.25) is 9.80 Å². The molecule has 0 radical (unpaired) electrons. The maximum atomic E-state index is 3.40. The van der Waals surface area contributed by atoms with Crippen molar-refractivity contribution in [3.63, 3.8) is 0 Å². The summed E-state index contributed by atoms with van der Waals surface area (Å²) in [5.41, 5.74) is 0. The smallest absolute Gasteiger partial charge is 0.0137 e. The molecule has 2 heteroatoms. The first-order valence-electron chi connectivity index (χ1n) is 20.4. The molecular weight excluding hydrogens is 508 g/mol. The molecule has 9 aliphatic rings. The fourth-order valence-electron chi connectivity index (χ4n) is 15.4. The average Bonchev–Trinajstić information content (AvgIpc) is 3.58. The lowest BCUT2D eigenvalue weighted by atomic mass is 9.59. The molecule has 13 unspecified atom stereocenters. The Kier molecular flexibility index (Phi) is 8.00. The molecule has 7 aliphatic carbocycles. The van der Waals surface area contributed by atoms with E-state index in [1.807, 2.05) is 0 Å². The van der Waals surface area contributed by atoms with Gasteiger partial charge >= 0.3 is 0 Å². The Labute approximate surface area is 259 Å². The summed E-state index contributed by atoms with van der Waals surface area (Å²) >= 11 is 0. The minimum atomic E-state index is 0.947. The molecule has 7 saturated carbocycles. The van der Waals surface area contributed by atoms with Gasteiger partial charge in [0.15, 0.2) is 0 Å². The molecule has 2 aliphatic heterocycles. The van der Waals surface area contributed by atoms with Crippen molar-refractivity contribution in [2.75, 3.05) is 0 Å². The van der Waals surface area contributed by atoms with Gasteiger partial charge in [-0.1, -0.05) is 89.9 Å². The van der Waals surface area contributed by atoms with Gasteiger partial charge in [-0.25, -0.2) is 0 Å². The Balaban J connectivity index is 0.994. The highest BCUT2D eigenvalue weighted by molar-refractivity contribution is 5.16. The Morgan fingerprint density at radius 2 is 0.738 bits per heavy atom. The molecular formula is C40H66N2. The van der Waals surface area contributed by atoms with Crippen LogP contribution in [-0.2, 0) is 0 Å². The summed E-state index contributed by atoms with van der Waals surface area (Å²) in [4.78, 5) is 6.71. The summed E-state index contributed by atoms with van der Waals surface area (Å²) in [5.74, 6) is 8.65. The van der Waals surface area contributed by atoms with Crippen molar-refractivity contribution in [1.82, 2.24) is 9.80 Å². The first kappa shape index (κ1) is 28.2. The standard InChI is InChI=1S/C40H66N2/c1-2-15-29(16-3-1)41-35-22-8-6-19-33(35)39-37(41)24-25-38-40(39)34-20-7-9-23-36(34)42(38)30-17-10-14-28(26-30)32-21-11-13-27-12-4-5-18-31(27)32/h27-40H,1-26H2. The number of nitrogens with zero attached hydrogens (tertiary/aromatic N) is 2. The molecule has 0 amide bonds. The van der Waals surface area contributed by atoms with Crippen molar-refractivity contribution in [2.45, 2.75) is 203 Å². The molecule has 13 atom stereocenters. The zero-order chi connectivity index (χ0) is 27.6. The molecule has 9 rings (SSSR count). The first-order chi connectivity index (χ1) is 20.9. The van der Waals surface area contributed by atoms with Crippen LogP contribution in [0.25, 0.3) is 0 Å². The zero-order valence-electron chi connectivity index (χ0n) is 27.4. The van der Waals surface area contributed by atoms with Crippen molar-refractivity contribution in [3.8, 4) is 0 Å². The third-order valence-corrected chi connectivity index (χ3v) is 16.5. The topological polar surface area (TPSA) is 6.48 Å². The van der Waals surface area contributed by atoms with Gasteiger partial charge < -0.3 is 0 Å². The van der Waals surface area contributed by atoms with E-state index in [0.717, 1.165) is 83.6 Å². The van der Waals surface area contributed by atoms with Crippen molar-refractivity contribution in [3.05, 3.63) is 0 Å². The molecule has 2 heterocycles. The molecule has 0 bridgehead atoms. The van der Waals surface area contributed by atoms with Gasteiger partial charge in [0.05, 0.1) is 0 Å². The highest BCUT2D eigenvalue weighted by Crippen LogP contribution is 2.61. The largest absolute Gasteiger partial charge is 0.294 e. The average molecular weight is 575 g/mol. The number of likely N-dealkylation sites (tertiary alicyclic amines) is 2. The monoisotopic (exact) mass is 575 g/mol.